The molecule has 0 aromatic carbocycles. The summed E-state index contributed by atoms with van der Waals surface area (Å²) in [6.45, 7) is 0. The minimum Gasteiger partial charge on any atom is -0.298 e. The third-order valence-corrected chi connectivity index (χ3v) is 2.64. The quantitative estimate of drug-likeness (QED) is 0.629. The molecule has 0 atom stereocenters. The number of pyridine rings is 1. The summed E-state index contributed by atoms with van der Waals surface area (Å²) in [4.78, 5) is 13.9. The van der Waals surface area contributed by atoms with Crippen molar-refractivity contribution in [2.24, 2.45) is 0 Å². The second kappa shape index (κ2) is 4.79. The average molecular weight is 284 g/mol. The maximum Gasteiger partial charge on any atom is 0.280 e. The fraction of sp³-hybridized carbons (Fsp3) is 0.250. The molecule has 0 saturated carbocycles. The minimum atomic E-state index is -2.69. The Kier molecular flexibility index (Phi) is 3.95. The molecule has 1 aromatic heterocycles. The molecule has 0 aliphatic rings. The highest BCUT2D eigenvalue weighted by molar-refractivity contribution is 9.08. The lowest BCUT2D eigenvalue weighted by molar-refractivity contribution is 0.112. The van der Waals surface area contributed by atoms with E-state index in [0.29, 0.717) is 6.29 Å². The predicted octanol–water partition coefficient (Wildman–Crippen LogP) is 3.38. The van der Waals surface area contributed by atoms with E-state index in [-0.39, 0.29) is 21.5 Å². The molecule has 0 aliphatic heterocycles. The molecule has 6 heteroatoms. The first-order valence-corrected chi connectivity index (χ1v) is 5.08. The number of rotatable bonds is 3. The number of hydrogen-bond donors (Lipinski definition) is 0. The third kappa shape index (κ3) is 2.09. The fourth-order valence-electron chi connectivity index (χ4n) is 0.958. The van der Waals surface area contributed by atoms with Crippen LogP contribution in [0.25, 0.3) is 0 Å². The highest BCUT2D eigenvalue weighted by atomic mass is 79.9. The number of halogens is 4. The van der Waals surface area contributed by atoms with Gasteiger partial charge < -0.3 is 0 Å². The molecule has 0 amide bonds. The number of nitrogens with zero attached hydrogens (tertiary/aromatic N) is 1. The van der Waals surface area contributed by atoms with E-state index in [9.17, 15) is 13.6 Å². The van der Waals surface area contributed by atoms with Crippen molar-refractivity contribution in [2.45, 2.75) is 11.8 Å². The van der Waals surface area contributed by atoms with Crippen molar-refractivity contribution in [3.63, 3.8) is 0 Å². The first-order valence-electron chi connectivity index (χ1n) is 3.58. The van der Waals surface area contributed by atoms with Gasteiger partial charge in [0.25, 0.3) is 6.43 Å². The summed E-state index contributed by atoms with van der Waals surface area (Å²) in [6.07, 6.45) is -1.17. The lowest BCUT2D eigenvalue weighted by Crippen LogP contribution is -2.00. The summed E-state index contributed by atoms with van der Waals surface area (Å²) in [5.74, 6) is 0. The zero-order valence-corrected chi connectivity index (χ0v) is 9.15. The van der Waals surface area contributed by atoms with Gasteiger partial charge in [-0.05, 0) is 0 Å². The molecular formula is C8H5BrClF2NO. The Morgan fingerprint density at radius 1 is 1.64 bits per heavy atom. The molecule has 0 spiro atoms. The summed E-state index contributed by atoms with van der Waals surface area (Å²) in [6, 6.07) is 0. The van der Waals surface area contributed by atoms with Crippen LogP contribution < -0.4 is 0 Å². The maximum absolute atomic E-state index is 12.4. The van der Waals surface area contributed by atoms with E-state index in [4.69, 9.17) is 11.6 Å². The van der Waals surface area contributed by atoms with Gasteiger partial charge in [0.2, 0.25) is 0 Å². The van der Waals surface area contributed by atoms with Crippen LogP contribution in [0.15, 0.2) is 6.20 Å². The van der Waals surface area contributed by atoms with Crippen LogP contribution in [0.1, 0.15) is 28.0 Å². The van der Waals surface area contributed by atoms with Crippen LogP contribution in [0.4, 0.5) is 8.78 Å². The fourth-order valence-corrected chi connectivity index (χ4v) is 1.94. The molecule has 1 aromatic rings. The van der Waals surface area contributed by atoms with Crippen LogP contribution in [0.5, 0.6) is 0 Å². The van der Waals surface area contributed by atoms with Crippen molar-refractivity contribution in [1.82, 2.24) is 4.98 Å². The Morgan fingerprint density at radius 3 is 2.71 bits per heavy atom. The van der Waals surface area contributed by atoms with E-state index in [1.807, 2.05) is 0 Å². The Labute approximate surface area is 92.4 Å². The molecule has 0 N–H and O–H groups in total. The Morgan fingerprint density at radius 2 is 2.29 bits per heavy atom. The Hall–Kier alpha value is -0.550. The summed E-state index contributed by atoms with van der Waals surface area (Å²) in [5.41, 5.74) is -0.116. The minimum absolute atomic E-state index is 0.0298. The second-order valence-corrected chi connectivity index (χ2v) is 3.38. The summed E-state index contributed by atoms with van der Waals surface area (Å²) >= 11 is 8.74. The average Bonchev–Trinajstić information content (AvgIpc) is 2.17. The van der Waals surface area contributed by atoms with E-state index in [0.717, 1.165) is 6.20 Å². The van der Waals surface area contributed by atoms with Gasteiger partial charge in [-0.2, -0.15) is 0 Å². The zero-order valence-electron chi connectivity index (χ0n) is 6.81. The van der Waals surface area contributed by atoms with Gasteiger partial charge in [0, 0.05) is 17.1 Å². The summed E-state index contributed by atoms with van der Waals surface area (Å²) in [5, 5.41) is 0.169. The van der Waals surface area contributed by atoms with Gasteiger partial charge >= 0.3 is 0 Å². The Balaban J connectivity index is 3.35. The third-order valence-electron chi connectivity index (χ3n) is 1.64. The highest BCUT2D eigenvalue weighted by Gasteiger charge is 2.18. The van der Waals surface area contributed by atoms with Gasteiger partial charge in [-0.15, -0.1) is 0 Å². The highest BCUT2D eigenvalue weighted by Crippen LogP contribution is 2.29. The summed E-state index contributed by atoms with van der Waals surface area (Å²) < 4.78 is 24.8. The van der Waals surface area contributed by atoms with Crippen LogP contribution in [-0.4, -0.2) is 11.3 Å². The molecule has 0 aliphatic carbocycles. The van der Waals surface area contributed by atoms with Crippen molar-refractivity contribution in [2.75, 3.05) is 0 Å². The van der Waals surface area contributed by atoms with Gasteiger partial charge in [0.15, 0.2) is 6.29 Å². The molecule has 2 nitrogen and oxygen atoms in total. The molecule has 76 valence electrons. The monoisotopic (exact) mass is 283 g/mol. The van der Waals surface area contributed by atoms with Crippen molar-refractivity contribution < 1.29 is 13.6 Å². The molecule has 0 saturated heterocycles. The van der Waals surface area contributed by atoms with Crippen molar-refractivity contribution in [1.29, 1.82) is 0 Å². The molecule has 1 rings (SSSR count). The standard InChI is InChI=1S/C8H5BrClF2NO/c9-1-5-6(10)4(3-14)2-13-7(5)8(11)12/h2-3,8H,1H2. The number of aldehydes is 1. The first kappa shape index (κ1) is 11.5. The Bertz CT molecular complexity index is 359. The van der Waals surface area contributed by atoms with E-state index < -0.39 is 12.1 Å². The predicted molar refractivity (Wildman–Crippen MR) is 52.2 cm³/mol. The lowest BCUT2D eigenvalue weighted by Gasteiger charge is -2.08. The van der Waals surface area contributed by atoms with Crippen molar-refractivity contribution in [3.8, 4) is 0 Å². The molecule has 0 bridgehead atoms. The molecule has 0 unspecified atom stereocenters. The van der Waals surface area contributed by atoms with Crippen LogP contribution in [-0.2, 0) is 5.33 Å². The van der Waals surface area contributed by atoms with Crippen LogP contribution in [0.2, 0.25) is 5.02 Å². The number of alkyl halides is 3. The lowest BCUT2D eigenvalue weighted by atomic mass is 10.1. The molecular weight excluding hydrogens is 279 g/mol. The van der Waals surface area contributed by atoms with Crippen molar-refractivity contribution >= 4 is 33.8 Å². The van der Waals surface area contributed by atoms with Crippen molar-refractivity contribution in [3.05, 3.63) is 28.0 Å². The van der Waals surface area contributed by atoms with Gasteiger partial charge in [0.1, 0.15) is 5.69 Å². The van der Waals surface area contributed by atoms with Crippen LogP contribution >= 0.6 is 27.5 Å². The SMILES string of the molecule is O=Cc1cnc(C(F)F)c(CBr)c1Cl. The van der Waals surface area contributed by atoms with E-state index in [1.54, 1.807) is 0 Å². The number of carbonyl (C=O) groups is 1. The van der Waals surface area contributed by atoms with Crippen LogP contribution in [0, 0.1) is 0 Å². The number of aromatic nitrogens is 1. The first-order chi connectivity index (χ1) is 6.61. The smallest absolute Gasteiger partial charge is 0.280 e. The molecule has 0 fully saturated rings. The number of hydrogen-bond acceptors (Lipinski definition) is 2. The largest absolute Gasteiger partial charge is 0.298 e. The van der Waals surface area contributed by atoms with E-state index in [1.165, 1.54) is 0 Å². The summed E-state index contributed by atoms with van der Waals surface area (Å²) in [7, 11) is 0. The second-order valence-electron chi connectivity index (χ2n) is 2.44. The molecule has 0 radical (unpaired) electrons. The zero-order chi connectivity index (χ0) is 10.7. The van der Waals surface area contributed by atoms with Gasteiger partial charge in [-0.25, -0.2) is 8.78 Å². The molecule has 1 heterocycles. The molecule has 14 heavy (non-hydrogen) atoms. The van der Waals surface area contributed by atoms with Gasteiger partial charge in [0.05, 0.1) is 10.6 Å². The normalized spacial score (nSPS) is 10.6. The van der Waals surface area contributed by atoms with E-state index in [2.05, 4.69) is 20.9 Å². The van der Waals surface area contributed by atoms with Crippen LogP contribution in [0.3, 0.4) is 0 Å². The maximum atomic E-state index is 12.4. The number of carbonyl (C=O) groups excluding carboxylic acids is 1. The topological polar surface area (TPSA) is 30.0 Å². The van der Waals surface area contributed by atoms with E-state index >= 15 is 0 Å². The van der Waals surface area contributed by atoms with Gasteiger partial charge in [-0.1, -0.05) is 27.5 Å². The van der Waals surface area contributed by atoms with Gasteiger partial charge in [-0.3, -0.25) is 9.78 Å².